The molecule has 18 heavy (non-hydrogen) atoms. The molecule has 0 radical (unpaired) electrons. The van der Waals surface area contributed by atoms with E-state index in [-0.39, 0.29) is 11.7 Å². The van der Waals surface area contributed by atoms with Crippen molar-refractivity contribution in [1.82, 2.24) is 0 Å². The Morgan fingerprint density at radius 2 is 1.61 bits per heavy atom. The summed E-state index contributed by atoms with van der Waals surface area (Å²) in [6, 6.07) is 8.31. The summed E-state index contributed by atoms with van der Waals surface area (Å²) in [5, 5.41) is 0. The third-order valence-corrected chi connectivity index (χ3v) is 2.73. The Hall–Kier alpha value is -1.02. The summed E-state index contributed by atoms with van der Waals surface area (Å²) in [5.41, 5.74) is 1.31. The van der Waals surface area contributed by atoms with Crippen LogP contribution >= 0.6 is 0 Å². The molecule has 0 bridgehead atoms. The molecule has 0 aliphatic carbocycles. The lowest BCUT2D eigenvalue weighted by Gasteiger charge is -2.29. The molecule has 0 heterocycles. The van der Waals surface area contributed by atoms with Crippen LogP contribution in [0.3, 0.4) is 0 Å². The van der Waals surface area contributed by atoms with Gasteiger partial charge in [-0.1, -0.05) is 46.8 Å². The topological polar surface area (TPSA) is 18.5 Å². The Balaban J connectivity index is 2.68. The largest absolute Gasteiger partial charge is 0.464 e. The molecule has 0 saturated heterocycles. The molecule has 0 amide bonds. The maximum absolute atomic E-state index is 5.87. The summed E-state index contributed by atoms with van der Waals surface area (Å²) in [6.45, 7) is 10.8. The molecule has 1 aromatic carbocycles. The van der Waals surface area contributed by atoms with E-state index >= 15 is 0 Å². The first kappa shape index (κ1) is 15.0. The number of ether oxygens (including phenoxy) is 2. The van der Waals surface area contributed by atoms with Crippen molar-refractivity contribution in [2.45, 2.75) is 47.3 Å². The zero-order valence-electron chi connectivity index (χ0n) is 12.5. The minimum absolute atomic E-state index is 0.0364. The predicted molar refractivity (Wildman–Crippen MR) is 75.9 cm³/mol. The average molecular weight is 250 g/mol. The van der Waals surface area contributed by atoms with Gasteiger partial charge in [-0.25, -0.2) is 0 Å². The highest BCUT2D eigenvalue weighted by Gasteiger charge is 2.26. The van der Waals surface area contributed by atoms with Gasteiger partial charge in [0.2, 0.25) is 6.29 Å². The predicted octanol–water partition coefficient (Wildman–Crippen LogP) is 4.28. The third kappa shape index (κ3) is 4.69. The van der Waals surface area contributed by atoms with E-state index in [2.05, 4.69) is 46.8 Å². The van der Waals surface area contributed by atoms with E-state index < -0.39 is 0 Å². The number of hydrogen-bond acceptors (Lipinski definition) is 2. The van der Waals surface area contributed by atoms with E-state index in [0.717, 1.165) is 12.2 Å². The van der Waals surface area contributed by atoms with Crippen LogP contribution in [0.4, 0.5) is 0 Å². The number of benzene rings is 1. The fourth-order valence-corrected chi connectivity index (χ4v) is 1.88. The Kier molecular flexibility index (Phi) is 5.21. The van der Waals surface area contributed by atoms with Crippen molar-refractivity contribution in [1.29, 1.82) is 0 Å². The molecule has 1 rings (SSSR count). The minimum atomic E-state index is -0.228. The van der Waals surface area contributed by atoms with Gasteiger partial charge >= 0.3 is 0 Å². The average Bonchev–Trinajstić information content (AvgIpc) is 2.25. The molecule has 2 heteroatoms. The maximum Gasteiger partial charge on any atom is 0.204 e. The first-order valence-electron chi connectivity index (χ1n) is 6.61. The van der Waals surface area contributed by atoms with Crippen LogP contribution in [-0.2, 0) is 11.2 Å². The second-order valence-corrected chi connectivity index (χ2v) is 6.29. The van der Waals surface area contributed by atoms with Gasteiger partial charge < -0.3 is 9.47 Å². The Morgan fingerprint density at radius 1 is 1.06 bits per heavy atom. The van der Waals surface area contributed by atoms with Crippen LogP contribution in [0.2, 0.25) is 0 Å². The minimum Gasteiger partial charge on any atom is -0.464 e. The zero-order chi connectivity index (χ0) is 13.8. The lowest BCUT2D eigenvalue weighted by atomic mass is 9.96. The van der Waals surface area contributed by atoms with Crippen LogP contribution in [0.25, 0.3) is 0 Å². The molecule has 0 spiro atoms. The monoisotopic (exact) mass is 250 g/mol. The number of methoxy groups -OCH3 is 1. The van der Waals surface area contributed by atoms with Crippen molar-refractivity contribution in [3.05, 3.63) is 29.8 Å². The molecular formula is C16H26O2. The Labute approximate surface area is 111 Å². The fourth-order valence-electron chi connectivity index (χ4n) is 1.88. The van der Waals surface area contributed by atoms with Crippen molar-refractivity contribution >= 4 is 0 Å². The van der Waals surface area contributed by atoms with Gasteiger partial charge in [-0.05, 0) is 30.0 Å². The molecule has 102 valence electrons. The Morgan fingerprint density at radius 3 is 2.00 bits per heavy atom. The second-order valence-electron chi connectivity index (χ2n) is 6.29. The van der Waals surface area contributed by atoms with Crippen LogP contribution in [0.15, 0.2) is 24.3 Å². The lowest BCUT2D eigenvalue weighted by Crippen LogP contribution is -2.33. The molecule has 0 saturated carbocycles. The summed E-state index contributed by atoms with van der Waals surface area (Å²) in [7, 11) is 1.68. The van der Waals surface area contributed by atoms with Crippen LogP contribution in [-0.4, -0.2) is 13.4 Å². The van der Waals surface area contributed by atoms with E-state index in [1.54, 1.807) is 7.11 Å². The molecule has 0 aliphatic heterocycles. The van der Waals surface area contributed by atoms with Crippen molar-refractivity contribution in [2.75, 3.05) is 7.11 Å². The fraction of sp³-hybridized carbons (Fsp3) is 0.625. The first-order valence-corrected chi connectivity index (χ1v) is 6.61. The van der Waals surface area contributed by atoms with Gasteiger partial charge in [-0.3, -0.25) is 0 Å². The summed E-state index contributed by atoms with van der Waals surface area (Å²) in [5.74, 6) is 1.54. The molecule has 1 atom stereocenters. The van der Waals surface area contributed by atoms with E-state index in [1.165, 1.54) is 5.56 Å². The molecule has 0 aromatic heterocycles. The highest BCUT2D eigenvalue weighted by atomic mass is 16.7. The van der Waals surface area contributed by atoms with Gasteiger partial charge in [-0.15, -0.1) is 0 Å². The standard InChI is InChI=1S/C16H26O2/c1-12(2)11-13-7-9-14(10-8-13)18-15(17-6)16(3,4)5/h7-10,12,15H,11H2,1-6H3. The first-order chi connectivity index (χ1) is 8.32. The molecule has 0 aliphatic rings. The second kappa shape index (κ2) is 6.24. The van der Waals surface area contributed by atoms with Gasteiger partial charge in [0.15, 0.2) is 0 Å². The zero-order valence-corrected chi connectivity index (χ0v) is 12.5. The summed E-state index contributed by atoms with van der Waals surface area (Å²) < 4.78 is 11.3. The molecular weight excluding hydrogens is 224 g/mol. The summed E-state index contributed by atoms with van der Waals surface area (Å²) in [4.78, 5) is 0. The van der Waals surface area contributed by atoms with Gasteiger partial charge in [0.1, 0.15) is 5.75 Å². The molecule has 1 unspecified atom stereocenters. The highest BCUT2D eigenvalue weighted by molar-refractivity contribution is 5.27. The quantitative estimate of drug-likeness (QED) is 0.726. The number of hydrogen-bond donors (Lipinski definition) is 0. The van der Waals surface area contributed by atoms with Gasteiger partial charge in [0, 0.05) is 12.5 Å². The van der Waals surface area contributed by atoms with Crippen LogP contribution < -0.4 is 4.74 Å². The van der Waals surface area contributed by atoms with E-state index in [0.29, 0.717) is 5.92 Å². The molecule has 0 N–H and O–H groups in total. The van der Waals surface area contributed by atoms with Crippen molar-refractivity contribution in [3.63, 3.8) is 0 Å². The van der Waals surface area contributed by atoms with Crippen molar-refractivity contribution in [3.8, 4) is 5.75 Å². The van der Waals surface area contributed by atoms with Crippen LogP contribution in [0.1, 0.15) is 40.2 Å². The third-order valence-electron chi connectivity index (χ3n) is 2.73. The van der Waals surface area contributed by atoms with E-state index in [4.69, 9.17) is 9.47 Å². The normalized spacial score (nSPS) is 13.7. The smallest absolute Gasteiger partial charge is 0.204 e. The lowest BCUT2D eigenvalue weighted by molar-refractivity contribution is -0.120. The molecule has 2 nitrogen and oxygen atoms in total. The summed E-state index contributed by atoms with van der Waals surface area (Å²) >= 11 is 0. The van der Waals surface area contributed by atoms with Gasteiger partial charge in [0.05, 0.1) is 0 Å². The van der Waals surface area contributed by atoms with E-state index in [9.17, 15) is 0 Å². The summed E-state index contributed by atoms with van der Waals surface area (Å²) in [6.07, 6.45) is 0.876. The van der Waals surface area contributed by atoms with Crippen molar-refractivity contribution in [2.24, 2.45) is 11.3 Å². The molecule has 1 aromatic rings. The van der Waals surface area contributed by atoms with E-state index in [1.807, 2.05) is 12.1 Å². The maximum atomic E-state index is 5.87. The SMILES string of the molecule is COC(Oc1ccc(CC(C)C)cc1)C(C)(C)C. The molecule has 0 fully saturated rings. The highest BCUT2D eigenvalue weighted by Crippen LogP contribution is 2.25. The van der Waals surface area contributed by atoms with Crippen molar-refractivity contribution < 1.29 is 9.47 Å². The van der Waals surface area contributed by atoms with Crippen LogP contribution in [0, 0.1) is 11.3 Å². The van der Waals surface area contributed by atoms with Gasteiger partial charge in [0.25, 0.3) is 0 Å². The number of rotatable bonds is 5. The van der Waals surface area contributed by atoms with Crippen LogP contribution in [0.5, 0.6) is 5.75 Å². The van der Waals surface area contributed by atoms with Gasteiger partial charge in [-0.2, -0.15) is 0 Å². The Bertz CT molecular complexity index is 346.